The van der Waals surface area contributed by atoms with Crippen LogP contribution in [0.3, 0.4) is 0 Å². The second-order valence-electron chi connectivity index (χ2n) is 6.26. The van der Waals surface area contributed by atoms with E-state index in [0.717, 1.165) is 16.7 Å². The number of aliphatic carboxylic acids is 1. The Morgan fingerprint density at radius 3 is 2.63 bits per heavy atom. The third kappa shape index (κ3) is 3.81. The fourth-order valence-corrected chi connectivity index (χ4v) is 4.09. The van der Waals surface area contributed by atoms with Crippen LogP contribution in [-0.4, -0.2) is 32.2 Å². The summed E-state index contributed by atoms with van der Waals surface area (Å²) in [4.78, 5) is 25.6. The first-order valence-corrected chi connectivity index (χ1v) is 9.36. The molecule has 8 heteroatoms. The quantitative estimate of drug-likeness (QED) is 0.587. The molecule has 2 heterocycles. The van der Waals surface area contributed by atoms with E-state index in [1.165, 1.54) is 12.1 Å². The number of halogens is 1. The SMILES string of the molecule is CC(C)C(C(=O)O)N1C(=O)/C(=C\c2ccc(-c3ccccc3F)o2)SC1=S. The molecule has 1 aliphatic heterocycles. The van der Waals surface area contributed by atoms with E-state index in [-0.39, 0.29) is 15.1 Å². The van der Waals surface area contributed by atoms with Crippen molar-refractivity contribution in [3.8, 4) is 11.3 Å². The standard InChI is InChI=1S/C19H16FNO4S2/c1-10(2)16(18(23)24)21-17(22)15(27-19(21)26)9-11-7-8-14(25-11)12-5-3-4-6-13(12)20/h3-10,16H,1-2H3,(H,23,24)/b15-9+. The van der Waals surface area contributed by atoms with Gasteiger partial charge in [-0.3, -0.25) is 9.69 Å². The highest BCUT2D eigenvalue weighted by molar-refractivity contribution is 8.26. The first-order valence-electron chi connectivity index (χ1n) is 8.14. The highest BCUT2D eigenvalue weighted by atomic mass is 32.2. The lowest BCUT2D eigenvalue weighted by molar-refractivity contribution is -0.146. The molecule has 1 aromatic heterocycles. The molecule has 3 rings (SSSR count). The van der Waals surface area contributed by atoms with Crippen molar-refractivity contribution in [3.63, 3.8) is 0 Å². The summed E-state index contributed by atoms with van der Waals surface area (Å²) in [5, 5.41) is 9.43. The number of hydrogen-bond acceptors (Lipinski definition) is 5. The summed E-state index contributed by atoms with van der Waals surface area (Å²) in [6.45, 7) is 3.43. The Morgan fingerprint density at radius 1 is 1.30 bits per heavy atom. The summed E-state index contributed by atoms with van der Waals surface area (Å²) < 4.78 is 19.7. The van der Waals surface area contributed by atoms with Crippen LogP contribution >= 0.6 is 24.0 Å². The first-order chi connectivity index (χ1) is 12.8. The molecule has 1 aliphatic rings. The molecule has 27 heavy (non-hydrogen) atoms. The fourth-order valence-electron chi connectivity index (χ4n) is 2.78. The normalized spacial score (nSPS) is 17.2. The molecule has 1 atom stereocenters. The highest BCUT2D eigenvalue weighted by Gasteiger charge is 2.42. The maximum Gasteiger partial charge on any atom is 0.327 e. The van der Waals surface area contributed by atoms with Crippen molar-refractivity contribution in [2.45, 2.75) is 19.9 Å². The Kier molecular flexibility index (Phi) is 5.48. The van der Waals surface area contributed by atoms with E-state index in [4.69, 9.17) is 16.6 Å². The van der Waals surface area contributed by atoms with E-state index in [9.17, 15) is 19.1 Å². The number of carbonyl (C=O) groups excluding carboxylic acids is 1. The number of carboxylic acid groups (broad SMARTS) is 1. The Bertz CT molecular complexity index is 951. The van der Waals surface area contributed by atoms with Crippen molar-refractivity contribution >= 4 is 46.3 Å². The summed E-state index contributed by atoms with van der Waals surface area (Å²) in [5.41, 5.74) is 0.315. The number of furan rings is 1. The summed E-state index contributed by atoms with van der Waals surface area (Å²) in [5.74, 6) is -1.62. The molecule has 1 unspecified atom stereocenters. The molecule has 1 aromatic carbocycles. The van der Waals surface area contributed by atoms with Crippen LogP contribution in [0.5, 0.6) is 0 Å². The van der Waals surface area contributed by atoms with Gasteiger partial charge in [0.25, 0.3) is 5.91 Å². The number of thiocarbonyl (C=S) groups is 1. The summed E-state index contributed by atoms with van der Waals surface area (Å²) in [6.07, 6.45) is 1.49. The Labute approximate surface area is 164 Å². The number of amides is 1. The van der Waals surface area contributed by atoms with Crippen molar-refractivity contribution in [2.75, 3.05) is 0 Å². The zero-order chi connectivity index (χ0) is 19.7. The van der Waals surface area contributed by atoms with Crippen LogP contribution in [0, 0.1) is 11.7 Å². The van der Waals surface area contributed by atoms with E-state index in [1.54, 1.807) is 44.2 Å². The van der Waals surface area contributed by atoms with Gasteiger partial charge in [-0.1, -0.05) is 50.0 Å². The van der Waals surface area contributed by atoms with Gasteiger partial charge in [-0.05, 0) is 30.2 Å². The average Bonchev–Trinajstić information content (AvgIpc) is 3.15. The minimum absolute atomic E-state index is 0.188. The number of hydrogen-bond donors (Lipinski definition) is 1. The Hall–Kier alpha value is -2.45. The van der Waals surface area contributed by atoms with Crippen LogP contribution in [0.15, 0.2) is 45.7 Å². The van der Waals surface area contributed by atoms with Crippen molar-refractivity contribution < 1.29 is 23.5 Å². The zero-order valence-corrected chi connectivity index (χ0v) is 16.1. The van der Waals surface area contributed by atoms with Crippen molar-refractivity contribution in [1.29, 1.82) is 0 Å². The summed E-state index contributed by atoms with van der Waals surface area (Å²) in [7, 11) is 0. The molecule has 1 amide bonds. The van der Waals surface area contributed by atoms with E-state index in [1.807, 2.05) is 0 Å². The van der Waals surface area contributed by atoms with Crippen molar-refractivity contribution in [2.24, 2.45) is 5.92 Å². The lowest BCUT2D eigenvalue weighted by atomic mass is 10.0. The largest absolute Gasteiger partial charge is 0.480 e. The summed E-state index contributed by atoms with van der Waals surface area (Å²) >= 11 is 6.23. The van der Waals surface area contributed by atoms with Crippen LogP contribution < -0.4 is 0 Å². The molecule has 140 valence electrons. The predicted molar refractivity (Wildman–Crippen MR) is 105 cm³/mol. The van der Waals surface area contributed by atoms with Gasteiger partial charge in [0.1, 0.15) is 27.7 Å². The van der Waals surface area contributed by atoms with Crippen LogP contribution in [-0.2, 0) is 9.59 Å². The Balaban J connectivity index is 1.89. The molecule has 5 nitrogen and oxygen atoms in total. The monoisotopic (exact) mass is 405 g/mol. The molecule has 0 radical (unpaired) electrons. The predicted octanol–water partition coefficient (Wildman–Crippen LogP) is 4.40. The fraction of sp³-hybridized carbons (Fsp3) is 0.211. The molecule has 1 N–H and O–H groups in total. The molecule has 1 fully saturated rings. The third-order valence-electron chi connectivity index (χ3n) is 4.03. The van der Waals surface area contributed by atoms with E-state index in [2.05, 4.69) is 0 Å². The molecule has 0 spiro atoms. The second kappa shape index (κ2) is 7.66. The van der Waals surface area contributed by atoms with Crippen molar-refractivity contribution in [1.82, 2.24) is 4.90 Å². The number of thioether (sulfide) groups is 1. The number of nitrogens with zero attached hydrogens (tertiary/aromatic N) is 1. The van der Waals surface area contributed by atoms with Crippen LogP contribution in [0.1, 0.15) is 19.6 Å². The molecular weight excluding hydrogens is 389 g/mol. The number of rotatable bonds is 5. The lowest BCUT2D eigenvalue weighted by Crippen LogP contribution is -2.47. The number of carbonyl (C=O) groups is 2. The molecule has 2 aromatic rings. The molecular formula is C19H16FNO4S2. The van der Waals surface area contributed by atoms with Gasteiger partial charge in [-0.15, -0.1) is 0 Å². The van der Waals surface area contributed by atoms with Gasteiger partial charge in [0.2, 0.25) is 0 Å². The molecule has 0 saturated carbocycles. The van der Waals surface area contributed by atoms with Crippen LogP contribution in [0.25, 0.3) is 17.4 Å². The Morgan fingerprint density at radius 2 is 2.00 bits per heavy atom. The topological polar surface area (TPSA) is 70.8 Å². The van der Waals surface area contributed by atoms with E-state index in [0.29, 0.717) is 17.1 Å². The molecule has 1 saturated heterocycles. The van der Waals surface area contributed by atoms with Gasteiger partial charge in [0.15, 0.2) is 0 Å². The summed E-state index contributed by atoms with van der Waals surface area (Å²) in [6, 6.07) is 8.41. The third-order valence-corrected chi connectivity index (χ3v) is 5.36. The zero-order valence-electron chi connectivity index (χ0n) is 14.5. The smallest absolute Gasteiger partial charge is 0.327 e. The van der Waals surface area contributed by atoms with Gasteiger partial charge < -0.3 is 9.52 Å². The van der Waals surface area contributed by atoms with E-state index >= 15 is 0 Å². The average molecular weight is 405 g/mol. The first kappa shape index (κ1) is 19.3. The highest BCUT2D eigenvalue weighted by Crippen LogP contribution is 2.36. The maximum absolute atomic E-state index is 13.9. The van der Waals surface area contributed by atoms with Gasteiger partial charge in [-0.25, -0.2) is 9.18 Å². The molecule has 0 aliphatic carbocycles. The van der Waals surface area contributed by atoms with Gasteiger partial charge in [0.05, 0.1) is 10.5 Å². The van der Waals surface area contributed by atoms with Gasteiger partial charge in [0, 0.05) is 6.08 Å². The van der Waals surface area contributed by atoms with Crippen molar-refractivity contribution in [3.05, 3.63) is 52.9 Å². The maximum atomic E-state index is 13.9. The number of benzene rings is 1. The minimum atomic E-state index is -1.11. The van der Waals surface area contributed by atoms with Gasteiger partial charge in [-0.2, -0.15) is 0 Å². The van der Waals surface area contributed by atoms with E-state index < -0.39 is 23.7 Å². The number of carboxylic acids is 1. The lowest BCUT2D eigenvalue weighted by Gasteiger charge is -2.26. The molecule has 0 bridgehead atoms. The van der Waals surface area contributed by atoms with Gasteiger partial charge >= 0.3 is 5.97 Å². The minimum Gasteiger partial charge on any atom is -0.480 e. The second-order valence-corrected chi connectivity index (χ2v) is 7.94. The van der Waals surface area contributed by atoms with Crippen LogP contribution in [0.2, 0.25) is 0 Å². The van der Waals surface area contributed by atoms with Crippen LogP contribution in [0.4, 0.5) is 4.39 Å².